The van der Waals surface area contributed by atoms with Gasteiger partial charge in [-0.25, -0.2) is 0 Å². The summed E-state index contributed by atoms with van der Waals surface area (Å²) in [7, 11) is 0. The molecule has 1 N–H and O–H groups in total. The average molecular weight is 375 g/mol. The molecule has 0 saturated heterocycles. The molecule has 0 heterocycles. The first-order valence-electron chi connectivity index (χ1n) is 12.0. The van der Waals surface area contributed by atoms with Crippen LogP contribution in [-0.2, 0) is 32.1 Å². The fraction of sp³-hybridized carbons (Fsp3) is 0.769. The highest BCUT2D eigenvalue weighted by molar-refractivity contribution is 5.55. The number of aromatic hydroxyl groups is 1. The second-order valence-electron chi connectivity index (χ2n) is 8.13. The second-order valence-corrected chi connectivity index (χ2v) is 8.13. The minimum Gasteiger partial charge on any atom is -0.507 e. The van der Waals surface area contributed by atoms with E-state index in [0.717, 1.165) is 32.1 Å². The molecule has 1 aromatic rings. The highest BCUT2D eigenvalue weighted by Crippen LogP contribution is 2.37. The maximum Gasteiger partial charge on any atom is 0.122 e. The van der Waals surface area contributed by atoms with Crippen molar-refractivity contribution in [2.24, 2.45) is 0 Å². The van der Waals surface area contributed by atoms with E-state index in [4.69, 9.17) is 0 Å². The highest BCUT2D eigenvalue weighted by Gasteiger charge is 2.20. The maximum absolute atomic E-state index is 11.1. The van der Waals surface area contributed by atoms with Gasteiger partial charge in [-0.3, -0.25) is 0 Å². The molecule has 1 heteroatoms. The minimum atomic E-state index is 0.644. The zero-order chi connectivity index (χ0) is 20.1. The largest absolute Gasteiger partial charge is 0.507 e. The van der Waals surface area contributed by atoms with E-state index in [9.17, 15) is 5.11 Å². The van der Waals surface area contributed by atoms with E-state index < -0.39 is 0 Å². The van der Waals surface area contributed by atoms with Crippen LogP contribution in [0, 0.1) is 0 Å². The summed E-state index contributed by atoms with van der Waals surface area (Å²) in [6, 6.07) is 0. The van der Waals surface area contributed by atoms with E-state index >= 15 is 0 Å². The van der Waals surface area contributed by atoms with Gasteiger partial charge in [-0.05, 0) is 72.8 Å². The molecule has 1 rings (SSSR count). The van der Waals surface area contributed by atoms with Gasteiger partial charge < -0.3 is 5.11 Å². The monoisotopic (exact) mass is 374 g/mol. The Labute approximate surface area is 170 Å². The number of rotatable bonds is 15. The van der Waals surface area contributed by atoms with E-state index in [-0.39, 0.29) is 0 Å². The number of unbranched alkanes of at least 4 members (excludes halogenated alkanes) is 8. The van der Waals surface area contributed by atoms with Gasteiger partial charge in [0.1, 0.15) is 5.75 Å². The third-order valence-electron chi connectivity index (χ3n) is 6.15. The minimum absolute atomic E-state index is 0.644. The van der Waals surface area contributed by atoms with E-state index in [0.29, 0.717) is 5.75 Å². The van der Waals surface area contributed by atoms with Gasteiger partial charge in [0, 0.05) is 0 Å². The Balaban J connectivity index is 3.09. The first-order valence-corrected chi connectivity index (χ1v) is 12.0. The Morgan fingerprint density at radius 2 is 0.852 bits per heavy atom. The molecule has 0 saturated carbocycles. The smallest absolute Gasteiger partial charge is 0.122 e. The van der Waals surface area contributed by atoms with Gasteiger partial charge >= 0.3 is 0 Å². The molecular formula is C26H46O. The van der Waals surface area contributed by atoms with Crippen molar-refractivity contribution in [2.75, 3.05) is 0 Å². The van der Waals surface area contributed by atoms with Gasteiger partial charge in [0.25, 0.3) is 0 Å². The number of phenols is 1. The molecule has 1 nitrogen and oxygen atoms in total. The molecule has 0 radical (unpaired) electrons. The van der Waals surface area contributed by atoms with E-state index in [1.165, 1.54) is 86.5 Å². The molecule has 0 atom stereocenters. The van der Waals surface area contributed by atoms with Crippen LogP contribution in [0.15, 0.2) is 0 Å². The van der Waals surface area contributed by atoms with Crippen LogP contribution >= 0.6 is 0 Å². The standard InChI is InChI=1S/C26H46O/c1-6-11-13-15-17-19-24-22(9-4)21(8-3)23(10-5)26(27)25(24)20-18-16-14-12-7-2/h27H,6-20H2,1-5H3. The SMILES string of the molecule is CCCCCCCc1c(O)c(CC)c(CC)c(CC)c1CCCCCCC. The molecule has 0 bridgehead atoms. The molecule has 0 fully saturated rings. The first kappa shape index (κ1) is 24.1. The van der Waals surface area contributed by atoms with Crippen LogP contribution in [0.5, 0.6) is 5.75 Å². The van der Waals surface area contributed by atoms with E-state index in [2.05, 4.69) is 34.6 Å². The van der Waals surface area contributed by atoms with Crippen molar-refractivity contribution >= 4 is 0 Å². The van der Waals surface area contributed by atoms with Crippen molar-refractivity contribution in [2.45, 2.75) is 131 Å². The van der Waals surface area contributed by atoms with Gasteiger partial charge in [0.05, 0.1) is 0 Å². The lowest BCUT2D eigenvalue weighted by Crippen LogP contribution is -2.09. The van der Waals surface area contributed by atoms with Crippen LogP contribution in [0.25, 0.3) is 0 Å². The molecule has 0 spiro atoms. The van der Waals surface area contributed by atoms with Crippen LogP contribution in [0.2, 0.25) is 0 Å². The molecule has 0 unspecified atom stereocenters. The van der Waals surface area contributed by atoms with Crippen LogP contribution in [-0.4, -0.2) is 5.11 Å². The fourth-order valence-electron chi connectivity index (χ4n) is 4.63. The summed E-state index contributed by atoms with van der Waals surface area (Å²) in [6.07, 6.45) is 18.4. The molecule has 1 aromatic carbocycles. The van der Waals surface area contributed by atoms with Crippen molar-refractivity contribution in [3.63, 3.8) is 0 Å². The van der Waals surface area contributed by atoms with Crippen molar-refractivity contribution in [1.29, 1.82) is 0 Å². The van der Waals surface area contributed by atoms with E-state index in [1.807, 2.05) is 0 Å². The Hall–Kier alpha value is -0.980. The summed E-state index contributed by atoms with van der Waals surface area (Å²) < 4.78 is 0. The summed E-state index contributed by atoms with van der Waals surface area (Å²) in [5, 5.41) is 11.1. The maximum atomic E-state index is 11.1. The van der Waals surface area contributed by atoms with Gasteiger partial charge in [-0.2, -0.15) is 0 Å². The van der Waals surface area contributed by atoms with Gasteiger partial charge in [0.2, 0.25) is 0 Å². The van der Waals surface area contributed by atoms with Crippen LogP contribution in [0.4, 0.5) is 0 Å². The Morgan fingerprint density at radius 1 is 0.444 bits per heavy atom. The summed E-state index contributed by atoms with van der Waals surface area (Å²) in [5.41, 5.74) is 7.04. The van der Waals surface area contributed by atoms with Crippen molar-refractivity contribution in [3.8, 4) is 5.75 Å². The summed E-state index contributed by atoms with van der Waals surface area (Å²) >= 11 is 0. The Bertz CT molecular complexity index is 530. The topological polar surface area (TPSA) is 20.2 Å². The molecule has 0 aliphatic rings. The third kappa shape index (κ3) is 7.16. The van der Waals surface area contributed by atoms with Crippen LogP contribution in [0.3, 0.4) is 0 Å². The molecule has 0 amide bonds. The lowest BCUT2D eigenvalue weighted by Gasteiger charge is -2.23. The van der Waals surface area contributed by atoms with Gasteiger partial charge in [-0.15, -0.1) is 0 Å². The van der Waals surface area contributed by atoms with Crippen LogP contribution in [0.1, 0.15) is 127 Å². The zero-order valence-electron chi connectivity index (χ0n) is 19.1. The van der Waals surface area contributed by atoms with E-state index in [1.54, 1.807) is 5.56 Å². The van der Waals surface area contributed by atoms with Crippen molar-refractivity contribution in [3.05, 3.63) is 27.8 Å². The summed E-state index contributed by atoms with van der Waals surface area (Å²) in [4.78, 5) is 0. The summed E-state index contributed by atoms with van der Waals surface area (Å²) in [5.74, 6) is 0.644. The lowest BCUT2D eigenvalue weighted by atomic mass is 9.83. The van der Waals surface area contributed by atoms with Crippen molar-refractivity contribution in [1.82, 2.24) is 0 Å². The van der Waals surface area contributed by atoms with Gasteiger partial charge in [-0.1, -0.05) is 86.0 Å². The first-order chi connectivity index (χ1) is 13.2. The number of hydrogen-bond donors (Lipinski definition) is 1. The number of hydrogen-bond acceptors (Lipinski definition) is 1. The predicted octanol–water partition coefficient (Wildman–Crippen LogP) is 8.11. The Kier molecular flexibility index (Phi) is 12.5. The highest BCUT2D eigenvalue weighted by atomic mass is 16.3. The van der Waals surface area contributed by atoms with Gasteiger partial charge in [0.15, 0.2) is 0 Å². The molecule has 27 heavy (non-hydrogen) atoms. The molecule has 0 aliphatic carbocycles. The fourth-order valence-corrected chi connectivity index (χ4v) is 4.63. The normalized spacial score (nSPS) is 11.3. The molecule has 0 aliphatic heterocycles. The average Bonchev–Trinajstić information content (AvgIpc) is 2.68. The molecule has 156 valence electrons. The molecular weight excluding hydrogens is 328 g/mol. The quantitative estimate of drug-likeness (QED) is 0.307. The summed E-state index contributed by atoms with van der Waals surface area (Å²) in [6.45, 7) is 11.3. The lowest BCUT2D eigenvalue weighted by molar-refractivity contribution is 0.456. The Morgan fingerprint density at radius 3 is 1.30 bits per heavy atom. The zero-order valence-corrected chi connectivity index (χ0v) is 19.1. The van der Waals surface area contributed by atoms with Crippen LogP contribution < -0.4 is 0 Å². The number of phenolic OH excluding ortho intramolecular Hbond substituents is 1. The number of benzene rings is 1. The molecule has 0 aromatic heterocycles. The second kappa shape index (κ2) is 14.1. The predicted molar refractivity (Wildman–Crippen MR) is 121 cm³/mol. The van der Waals surface area contributed by atoms with Crippen molar-refractivity contribution < 1.29 is 5.11 Å². The third-order valence-corrected chi connectivity index (χ3v) is 6.15.